The zero-order valence-electron chi connectivity index (χ0n) is 27.0. The lowest BCUT2D eigenvalue weighted by Crippen LogP contribution is -2.10. The first-order chi connectivity index (χ1) is 23.0. The second-order valence-corrected chi connectivity index (χ2v) is 13.8. The molecule has 47 heavy (non-hydrogen) atoms. The molecule has 9 rings (SSSR count). The summed E-state index contributed by atoms with van der Waals surface area (Å²) in [5.41, 5.74) is 10.0. The van der Waals surface area contributed by atoms with Gasteiger partial charge in [-0.3, -0.25) is 0 Å². The first kappa shape index (κ1) is 27.6. The van der Waals surface area contributed by atoms with Crippen LogP contribution in [-0.4, -0.2) is 4.57 Å². The molecule has 0 aliphatic heterocycles. The van der Waals surface area contributed by atoms with Gasteiger partial charge in [0.1, 0.15) is 0 Å². The topological polar surface area (TPSA) is 4.93 Å². The zero-order valence-corrected chi connectivity index (χ0v) is 27.0. The quantitative estimate of drug-likeness (QED) is 0.178. The molecule has 8 aromatic carbocycles. The van der Waals surface area contributed by atoms with E-state index < -0.39 is 0 Å². The molecular formula is C46H35N. The Morgan fingerprint density at radius 2 is 0.936 bits per heavy atom. The normalized spacial score (nSPS) is 12.1. The molecule has 0 saturated heterocycles. The van der Waals surface area contributed by atoms with Crippen molar-refractivity contribution in [1.29, 1.82) is 0 Å². The Bertz CT molecular complexity index is 2610. The first-order valence-corrected chi connectivity index (χ1v) is 16.5. The summed E-state index contributed by atoms with van der Waals surface area (Å²) in [7, 11) is 0. The van der Waals surface area contributed by atoms with Crippen molar-refractivity contribution in [3.63, 3.8) is 0 Å². The average Bonchev–Trinajstić information content (AvgIpc) is 3.44. The Hall–Kier alpha value is -5.66. The van der Waals surface area contributed by atoms with Gasteiger partial charge in [-0.15, -0.1) is 0 Å². The van der Waals surface area contributed by atoms with Crippen molar-refractivity contribution in [2.45, 2.75) is 26.2 Å². The van der Waals surface area contributed by atoms with Gasteiger partial charge in [-0.2, -0.15) is 0 Å². The van der Waals surface area contributed by atoms with Crippen molar-refractivity contribution in [3.8, 4) is 27.9 Å². The maximum Gasteiger partial charge on any atom is 0.0541 e. The third kappa shape index (κ3) is 4.38. The molecule has 1 nitrogen and oxygen atoms in total. The number of aromatic nitrogens is 1. The second-order valence-electron chi connectivity index (χ2n) is 13.8. The van der Waals surface area contributed by atoms with Crippen LogP contribution in [0.3, 0.4) is 0 Å². The van der Waals surface area contributed by atoms with E-state index in [0.29, 0.717) is 0 Å². The molecule has 9 aromatic rings. The van der Waals surface area contributed by atoms with E-state index >= 15 is 0 Å². The lowest BCUT2D eigenvalue weighted by molar-refractivity contribution is 0.591. The van der Waals surface area contributed by atoms with Gasteiger partial charge in [0.2, 0.25) is 0 Å². The van der Waals surface area contributed by atoms with Crippen LogP contribution in [0.4, 0.5) is 0 Å². The van der Waals surface area contributed by atoms with Crippen LogP contribution >= 0.6 is 0 Å². The van der Waals surface area contributed by atoms with Gasteiger partial charge < -0.3 is 4.57 Å². The highest BCUT2D eigenvalue weighted by molar-refractivity contribution is 6.22. The Labute approximate surface area is 275 Å². The van der Waals surface area contributed by atoms with Crippen LogP contribution in [-0.2, 0) is 5.41 Å². The van der Waals surface area contributed by atoms with Gasteiger partial charge in [0, 0.05) is 16.5 Å². The van der Waals surface area contributed by atoms with Crippen LogP contribution in [0.1, 0.15) is 26.3 Å². The van der Waals surface area contributed by atoms with Gasteiger partial charge in [0.05, 0.1) is 11.0 Å². The Morgan fingerprint density at radius 1 is 0.383 bits per heavy atom. The molecule has 0 bridgehead atoms. The van der Waals surface area contributed by atoms with Crippen LogP contribution in [0.5, 0.6) is 0 Å². The molecule has 1 heterocycles. The summed E-state index contributed by atoms with van der Waals surface area (Å²) >= 11 is 0. The van der Waals surface area contributed by atoms with E-state index in [1.807, 2.05) is 0 Å². The number of benzene rings is 8. The van der Waals surface area contributed by atoms with E-state index in [4.69, 9.17) is 0 Å². The molecule has 0 radical (unpaired) electrons. The van der Waals surface area contributed by atoms with Crippen LogP contribution < -0.4 is 0 Å². The summed E-state index contributed by atoms with van der Waals surface area (Å²) in [5.74, 6) is 0. The van der Waals surface area contributed by atoms with Crippen molar-refractivity contribution < 1.29 is 0 Å². The molecule has 1 aromatic heterocycles. The smallest absolute Gasteiger partial charge is 0.0541 e. The van der Waals surface area contributed by atoms with Gasteiger partial charge in [0.25, 0.3) is 0 Å². The Balaban J connectivity index is 1.37. The molecule has 0 unspecified atom stereocenters. The minimum absolute atomic E-state index is 0.0249. The van der Waals surface area contributed by atoms with Gasteiger partial charge in [-0.1, -0.05) is 142 Å². The molecule has 0 spiro atoms. The summed E-state index contributed by atoms with van der Waals surface area (Å²) in [5, 5.41) is 10.2. The van der Waals surface area contributed by atoms with E-state index in [9.17, 15) is 0 Å². The standard InChI is InChI=1S/C46H35N/c1-46(2,3)34-25-26-40-41(29-34)45(33-24-23-30-13-4-5-14-31(30)27-33)39-20-7-6-19-38(39)44(40)32-15-12-16-35(28-32)47-42-21-10-8-17-36(42)37-18-9-11-22-43(37)47/h4-29H,1-3H3. The van der Waals surface area contributed by atoms with Crippen LogP contribution in [0.25, 0.3) is 82.1 Å². The molecule has 0 amide bonds. The summed E-state index contributed by atoms with van der Waals surface area (Å²) in [6, 6.07) is 58.3. The SMILES string of the molecule is CC(C)(C)c1ccc2c(-c3cccc(-n4c5ccccc5c5ccccc54)c3)c3ccccc3c(-c3ccc4ccccc4c3)c2c1. The van der Waals surface area contributed by atoms with Crippen molar-refractivity contribution in [2.75, 3.05) is 0 Å². The second kappa shape index (κ2) is 10.4. The fourth-order valence-corrected chi connectivity index (χ4v) is 7.61. The van der Waals surface area contributed by atoms with Gasteiger partial charge in [0.15, 0.2) is 0 Å². The molecule has 0 fully saturated rings. The molecule has 0 saturated carbocycles. The highest BCUT2D eigenvalue weighted by Crippen LogP contribution is 2.46. The van der Waals surface area contributed by atoms with Crippen LogP contribution in [0.2, 0.25) is 0 Å². The minimum Gasteiger partial charge on any atom is -0.309 e. The Kier molecular flexibility index (Phi) is 6.14. The van der Waals surface area contributed by atoms with E-state index in [0.717, 1.165) is 0 Å². The zero-order chi connectivity index (χ0) is 31.7. The van der Waals surface area contributed by atoms with Crippen molar-refractivity contribution >= 4 is 54.1 Å². The van der Waals surface area contributed by atoms with Gasteiger partial charge in [-0.05, 0) is 102 Å². The lowest BCUT2D eigenvalue weighted by atomic mass is 9.81. The van der Waals surface area contributed by atoms with Crippen molar-refractivity contribution in [1.82, 2.24) is 4.57 Å². The number of para-hydroxylation sites is 2. The largest absolute Gasteiger partial charge is 0.309 e. The molecule has 0 aliphatic carbocycles. The third-order valence-corrected chi connectivity index (χ3v) is 9.90. The molecule has 0 N–H and O–H groups in total. The average molecular weight is 602 g/mol. The number of nitrogens with zero attached hydrogens (tertiary/aromatic N) is 1. The van der Waals surface area contributed by atoms with Crippen molar-refractivity contribution in [3.05, 3.63) is 163 Å². The van der Waals surface area contributed by atoms with Crippen LogP contribution in [0, 0.1) is 0 Å². The summed E-state index contributed by atoms with van der Waals surface area (Å²) in [6.07, 6.45) is 0. The highest BCUT2D eigenvalue weighted by atomic mass is 15.0. The van der Waals surface area contributed by atoms with Crippen LogP contribution in [0.15, 0.2) is 158 Å². The number of hydrogen-bond donors (Lipinski definition) is 0. The van der Waals surface area contributed by atoms with E-state index in [1.165, 1.54) is 87.6 Å². The Morgan fingerprint density at radius 3 is 1.62 bits per heavy atom. The summed E-state index contributed by atoms with van der Waals surface area (Å²) in [4.78, 5) is 0. The molecule has 1 heteroatoms. The monoisotopic (exact) mass is 601 g/mol. The van der Waals surface area contributed by atoms with E-state index in [2.05, 4.69) is 183 Å². The summed E-state index contributed by atoms with van der Waals surface area (Å²) < 4.78 is 2.42. The first-order valence-electron chi connectivity index (χ1n) is 16.5. The predicted octanol–water partition coefficient (Wildman–Crippen LogP) is 12.9. The number of fused-ring (bicyclic) bond motifs is 6. The van der Waals surface area contributed by atoms with E-state index in [1.54, 1.807) is 0 Å². The lowest BCUT2D eigenvalue weighted by Gasteiger charge is -2.23. The van der Waals surface area contributed by atoms with Gasteiger partial charge in [-0.25, -0.2) is 0 Å². The third-order valence-electron chi connectivity index (χ3n) is 9.90. The fourth-order valence-electron chi connectivity index (χ4n) is 7.61. The van der Waals surface area contributed by atoms with E-state index in [-0.39, 0.29) is 5.41 Å². The number of rotatable bonds is 3. The van der Waals surface area contributed by atoms with Gasteiger partial charge >= 0.3 is 0 Å². The molecule has 224 valence electrons. The highest BCUT2D eigenvalue weighted by Gasteiger charge is 2.21. The predicted molar refractivity (Wildman–Crippen MR) is 203 cm³/mol. The number of hydrogen-bond acceptors (Lipinski definition) is 0. The maximum atomic E-state index is 2.45. The minimum atomic E-state index is 0.0249. The summed E-state index contributed by atoms with van der Waals surface area (Å²) in [6.45, 7) is 6.92. The molecule has 0 aliphatic rings. The molecular weight excluding hydrogens is 567 g/mol. The maximum absolute atomic E-state index is 2.45. The molecule has 0 atom stereocenters. The fraction of sp³-hybridized carbons (Fsp3) is 0.0870. The van der Waals surface area contributed by atoms with Crippen molar-refractivity contribution in [2.24, 2.45) is 0 Å².